The predicted molar refractivity (Wildman–Crippen MR) is 60.6 cm³/mol. The number of rotatable bonds is 2. The van der Waals surface area contributed by atoms with E-state index in [1.165, 1.54) is 16.9 Å². The monoisotopic (exact) mass is 270 g/mol. The van der Waals surface area contributed by atoms with Gasteiger partial charge < -0.3 is 5.11 Å². The number of aryl methyl sites for hydroxylation is 1. The minimum Gasteiger partial charge on any atom is -0.478 e. The Morgan fingerprint density at radius 3 is 2.47 bits per heavy atom. The molecule has 0 atom stereocenters. The molecule has 0 bridgehead atoms. The third-order valence-corrected chi connectivity index (χ3v) is 2.56. The zero-order valence-electron chi connectivity index (χ0n) is 9.77. The number of halogens is 3. The quantitative estimate of drug-likeness (QED) is 0.912. The van der Waals surface area contributed by atoms with Crippen LogP contribution in [0.15, 0.2) is 30.5 Å². The highest BCUT2D eigenvalue weighted by molar-refractivity contribution is 5.89. The minimum absolute atomic E-state index is 0.0814. The molecule has 2 rings (SSSR count). The molecule has 0 aliphatic heterocycles. The molecule has 0 amide bonds. The zero-order chi connectivity index (χ0) is 14.2. The van der Waals surface area contributed by atoms with Crippen molar-refractivity contribution in [3.05, 3.63) is 41.6 Å². The van der Waals surface area contributed by atoms with E-state index in [1.807, 2.05) is 0 Å². The normalized spacial score (nSPS) is 11.6. The number of aromatic nitrogens is 2. The molecular formula is C12H9F3N2O2. The van der Waals surface area contributed by atoms with E-state index in [0.717, 1.165) is 18.2 Å². The van der Waals surface area contributed by atoms with Gasteiger partial charge >= 0.3 is 12.1 Å². The molecule has 0 fully saturated rings. The standard InChI is InChI=1S/C12H9F3N2O2/c1-17-5-4-10(16-17)8-6-7(11(18)19)2-3-9(8)12(13,14)15/h2-6H,1H3,(H,18,19). The Labute approximate surface area is 106 Å². The number of benzene rings is 1. The van der Waals surface area contributed by atoms with Crippen molar-refractivity contribution in [3.63, 3.8) is 0 Å². The summed E-state index contributed by atoms with van der Waals surface area (Å²) in [6.07, 6.45) is -3.08. The van der Waals surface area contributed by atoms with Crippen LogP contribution in [0.5, 0.6) is 0 Å². The van der Waals surface area contributed by atoms with Crippen LogP contribution in [0.25, 0.3) is 11.3 Å². The molecule has 7 heteroatoms. The van der Waals surface area contributed by atoms with E-state index in [2.05, 4.69) is 5.10 Å². The molecule has 2 aromatic rings. The van der Waals surface area contributed by atoms with Crippen LogP contribution in [0.3, 0.4) is 0 Å². The molecule has 0 radical (unpaired) electrons. The lowest BCUT2D eigenvalue weighted by atomic mass is 10.0. The van der Waals surface area contributed by atoms with Crippen LogP contribution in [0, 0.1) is 0 Å². The molecule has 1 aromatic carbocycles. The summed E-state index contributed by atoms with van der Waals surface area (Å²) in [6, 6.07) is 4.06. The van der Waals surface area contributed by atoms with Gasteiger partial charge in [0.2, 0.25) is 0 Å². The summed E-state index contributed by atoms with van der Waals surface area (Å²) in [6.45, 7) is 0. The molecule has 0 unspecified atom stereocenters. The number of carboxylic acid groups (broad SMARTS) is 1. The van der Waals surface area contributed by atoms with Crippen molar-refractivity contribution >= 4 is 5.97 Å². The molecule has 0 saturated heterocycles. The number of alkyl halides is 3. The Balaban J connectivity index is 2.66. The summed E-state index contributed by atoms with van der Waals surface area (Å²) in [5, 5.41) is 12.7. The molecule has 1 aromatic heterocycles. The van der Waals surface area contributed by atoms with Gasteiger partial charge in [0, 0.05) is 18.8 Å². The Hall–Kier alpha value is -2.31. The molecule has 0 saturated carbocycles. The number of carboxylic acids is 1. The summed E-state index contributed by atoms with van der Waals surface area (Å²) in [7, 11) is 1.57. The topological polar surface area (TPSA) is 55.1 Å². The third kappa shape index (κ3) is 2.59. The van der Waals surface area contributed by atoms with E-state index >= 15 is 0 Å². The first kappa shape index (κ1) is 13.1. The van der Waals surface area contributed by atoms with Gasteiger partial charge in [-0.05, 0) is 24.3 Å². The van der Waals surface area contributed by atoms with E-state index in [1.54, 1.807) is 7.05 Å². The second-order valence-electron chi connectivity index (χ2n) is 3.94. The molecule has 19 heavy (non-hydrogen) atoms. The SMILES string of the molecule is Cn1ccc(-c2cc(C(=O)O)ccc2C(F)(F)F)n1. The summed E-state index contributed by atoms with van der Waals surface area (Å²) >= 11 is 0. The first-order chi connectivity index (χ1) is 8.79. The van der Waals surface area contributed by atoms with Gasteiger partial charge in [-0.2, -0.15) is 18.3 Å². The maximum Gasteiger partial charge on any atom is 0.417 e. The average Bonchev–Trinajstić information content (AvgIpc) is 2.73. The lowest BCUT2D eigenvalue weighted by molar-refractivity contribution is -0.137. The number of hydrogen-bond donors (Lipinski definition) is 1. The minimum atomic E-state index is -4.57. The molecule has 1 heterocycles. The fourth-order valence-electron chi connectivity index (χ4n) is 1.70. The van der Waals surface area contributed by atoms with Crippen molar-refractivity contribution < 1.29 is 23.1 Å². The largest absolute Gasteiger partial charge is 0.478 e. The Morgan fingerprint density at radius 2 is 2.00 bits per heavy atom. The van der Waals surface area contributed by atoms with Gasteiger partial charge in [-0.15, -0.1) is 0 Å². The average molecular weight is 270 g/mol. The van der Waals surface area contributed by atoms with Gasteiger partial charge in [0.05, 0.1) is 16.8 Å². The van der Waals surface area contributed by atoms with Crippen LogP contribution in [0.1, 0.15) is 15.9 Å². The van der Waals surface area contributed by atoms with E-state index < -0.39 is 17.7 Å². The Kier molecular flexibility index (Phi) is 3.05. The van der Waals surface area contributed by atoms with E-state index in [9.17, 15) is 18.0 Å². The highest BCUT2D eigenvalue weighted by atomic mass is 19.4. The van der Waals surface area contributed by atoms with Crippen LogP contribution in [0.4, 0.5) is 13.2 Å². The number of carbonyl (C=O) groups is 1. The summed E-state index contributed by atoms with van der Waals surface area (Å²) in [4.78, 5) is 10.8. The molecule has 1 N–H and O–H groups in total. The van der Waals surface area contributed by atoms with E-state index in [0.29, 0.717) is 0 Å². The smallest absolute Gasteiger partial charge is 0.417 e. The highest BCUT2D eigenvalue weighted by Crippen LogP contribution is 2.36. The van der Waals surface area contributed by atoms with Gasteiger partial charge in [0.25, 0.3) is 0 Å². The van der Waals surface area contributed by atoms with Crippen molar-refractivity contribution in [3.8, 4) is 11.3 Å². The second-order valence-corrected chi connectivity index (χ2v) is 3.94. The Morgan fingerprint density at radius 1 is 1.32 bits per heavy atom. The van der Waals surface area contributed by atoms with Crippen LogP contribution in [-0.2, 0) is 13.2 Å². The fourth-order valence-corrected chi connectivity index (χ4v) is 1.70. The summed E-state index contributed by atoms with van der Waals surface area (Å²) < 4.78 is 40.0. The van der Waals surface area contributed by atoms with Crippen molar-refractivity contribution in [2.24, 2.45) is 7.05 Å². The summed E-state index contributed by atoms with van der Waals surface area (Å²) in [5.74, 6) is -1.29. The lowest BCUT2D eigenvalue weighted by Gasteiger charge is -2.12. The molecule has 0 aliphatic carbocycles. The van der Waals surface area contributed by atoms with Gasteiger partial charge in [-0.1, -0.05) is 0 Å². The number of hydrogen-bond acceptors (Lipinski definition) is 2. The Bertz CT molecular complexity index is 632. The maximum absolute atomic E-state index is 12.9. The maximum atomic E-state index is 12.9. The molecule has 4 nitrogen and oxygen atoms in total. The van der Waals surface area contributed by atoms with Crippen LogP contribution in [-0.4, -0.2) is 20.9 Å². The highest BCUT2D eigenvalue weighted by Gasteiger charge is 2.34. The second kappa shape index (κ2) is 4.42. The number of nitrogens with zero attached hydrogens (tertiary/aromatic N) is 2. The van der Waals surface area contributed by atoms with E-state index in [4.69, 9.17) is 5.11 Å². The van der Waals surface area contributed by atoms with Crippen LogP contribution >= 0.6 is 0 Å². The first-order valence-corrected chi connectivity index (χ1v) is 5.23. The van der Waals surface area contributed by atoms with E-state index in [-0.39, 0.29) is 16.8 Å². The molecule has 0 aliphatic rings. The van der Waals surface area contributed by atoms with Crippen molar-refractivity contribution in [2.45, 2.75) is 6.18 Å². The first-order valence-electron chi connectivity index (χ1n) is 5.23. The fraction of sp³-hybridized carbons (Fsp3) is 0.167. The van der Waals surface area contributed by atoms with Gasteiger partial charge in [0.1, 0.15) is 0 Å². The molecule has 0 spiro atoms. The van der Waals surface area contributed by atoms with Crippen molar-refractivity contribution in [1.82, 2.24) is 9.78 Å². The molecule has 100 valence electrons. The lowest BCUT2D eigenvalue weighted by Crippen LogP contribution is -2.09. The van der Waals surface area contributed by atoms with Crippen molar-refractivity contribution in [1.29, 1.82) is 0 Å². The van der Waals surface area contributed by atoms with Crippen LogP contribution < -0.4 is 0 Å². The summed E-state index contributed by atoms with van der Waals surface area (Å²) in [5.41, 5.74) is -1.28. The van der Waals surface area contributed by atoms with Gasteiger partial charge in [-0.25, -0.2) is 4.79 Å². The van der Waals surface area contributed by atoms with Gasteiger partial charge in [0.15, 0.2) is 0 Å². The molecular weight excluding hydrogens is 261 g/mol. The predicted octanol–water partition coefficient (Wildman–Crippen LogP) is 2.80. The third-order valence-electron chi connectivity index (χ3n) is 2.56. The zero-order valence-corrected chi connectivity index (χ0v) is 9.77. The number of aromatic carboxylic acids is 1. The van der Waals surface area contributed by atoms with Gasteiger partial charge in [-0.3, -0.25) is 4.68 Å². The van der Waals surface area contributed by atoms with Crippen molar-refractivity contribution in [2.75, 3.05) is 0 Å². The van der Waals surface area contributed by atoms with Crippen LogP contribution in [0.2, 0.25) is 0 Å².